The zero-order valence-corrected chi connectivity index (χ0v) is 10.5. The molecule has 0 saturated heterocycles. The molecule has 0 radical (unpaired) electrons. The van der Waals surface area contributed by atoms with Crippen LogP contribution in [0.1, 0.15) is 24.8 Å². The maximum Gasteiger partial charge on any atom is 0.0907 e. The summed E-state index contributed by atoms with van der Waals surface area (Å²) in [4.78, 5) is 4.47. The number of aryl methyl sites for hydroxylation is 1. The van der Waals surface area contributed by atoms with E-state index in [0.717, 1.165) is 16.4 Å². The van der Waals surface area contributed by atoms with Crippen molar-refractivity contribution in [1.29, 1.82) is 0 Å². The number of thiazole rings is 1. The lowest BCUT2D eigenvalue weighted by atomic mass is 9.82. The predicted molar refractivity (Wildman–Crippen MR) is 70.2 cm³/mol. The van der Waals surface area contributed by atoms with Gasteiger partial charge in [0.15, 0.2) is 0 Å². The first-order chi connectivity index (χ1) is 7.70. The molecule has 1 N–H and O–H groups in total. The third-order valence-electron chi connectivity index (χ3n) is 3.24. The number of hydrogen-bond donors (Lipinski definition) is 1. The second kappa shape index (κ2) is 3.74. The van der Waals surface area contributed by atoms with Crippen molar-refractivity contribution in [3.8, 4) is 0 Å². The van der Waals surface area contributed by atoms with Crippen molar-refractivity contribution in [3.05, 3.63) is 23.2 Å². The highest BCUT2D eigenvalue weighted by molar-refractivity contribution is 7.18. The van der Waals surface area contributed by atoms with Crippen LogP contribution in [0, 0.1) is 12.8 Å². The lowest BCUT2D eigenvalue weighted by Crippen LogP contribution is -2.33. The molecule has 0 atom stereocenters. The second-order valence-corrected chi connectivity index (χ2v) is 6.07. The molecule has 0 amide bonds. The fourth-order valence-electron chi connectivity index (χ4n) is 2.39. The SMILES string of the molecule is Cc1nc2ccc(NC3CC(C)C3)cc2s1. The summed E-state index contributed by atoms with van der Waals surface area (Å²) < 4.78 is 1.29. The lowest BCUT2D eigenvalue weighted by molar-refractivity contribution is 0.309. The Hall–Kier alpha value is -1.09. The topological polar surface area (TPSA) is 24.9 Å². The van der Waals surface area contributed by atoms with E-state index in [9.17, 15) is 0 Å². The van der Waals surface area contributed by atoms with Gasteiger partial charge in [0.2, 0.25) is 0 Å². The van der Waals surface area contributed by atoms with E-state index in [1.165, 1.54) is 23.2 Å². The minimum Gasteiger partial charge on any atom is -0.382 e. The second-order valence-electron chi connectivity index (χ2n) is 4.83. The van der Waals surface area contributed by atoms with E-state index in [4.69, 9.17) is 0 Å². The standard InChI is InChI=1S/C13H16N2S/c1-8-5-11(6-8)15-10-3-4-12-13(7-10)16-9(2)14-12/h3-4,7-8,11,15H,5-6H2,1-2H3. The Morgan fingerprint density at radius 3 is 2.94 bits per heavy atom. The van der Waals surface area contributed by atoms with Crippen molar-refractivity contribution >= 4 is 27.2 Å². The first-order valence-electron chi connectivity index (χ1n) is 5.84. The van der Waals surface area contributed by atoms with Crippen LogP contribution in [0.4, 0.5) is 5.69 Å². The number of hydrogen-bond acceptors (Lipinski definition) is 3. The predicted octanol–water partition coefficient (Wildman–Crippen LogP) is 3.82. The molecule has 2 nitrogen and oxygen atoms in total. The van der Waals surface area contributed by atoms with Gasteiger partial charge >= 0.3 is 0 Å². The van der Waals surface area contributed by atoms with Crippen LogP contribution in [0.25, 0.3) is 10.2 Å². The van der Waals surface area contributed by atoms with Crippen LogP contribution in [0.2, 0.25) is 0 Å². The molecule has 1 fully saturated rings. The van der Waals surface area contributed by atoms with E-state index in [-0.39, 0.29) is 0 Å². The summed E-state index contributed by atoms with van der Waals surface area (Å²) in [7, 11) is 0. The molecule has 3 heteroatoms. The smallest absolute Gasteiger partial charge is 0.0907 e. The Kier molecular flexibility index (Phi) is 2.36. The summed E-state index contributed by atoms with van der Waals surface area (Å²) >= 11 is 1.77. The summed E-state index contributed by atoms with van der Waals surface area (Å²) in [6.45, 7) is 4.37. The largest absolute Gasteiger partial charge is 0.382 e. The molecule has 16 heavy (non-hydrogen) atoms. The van der Waals surface area contributed by atoms with Crippen LogP contribution in [-0.2, 0) is 0 Å². The molecule has 0 spiro atoms. The Labute approximate surface area is 99.7 Å². The molecular formula is C13H16N2S. The fourth-order valence-corrected chi connectivity index (χ4v) is 3.25. The van der Waals surface area contributed by atoms with E-state index in [0.29, 0.717) is 6.04 Å². The Morgan fingerprint density at radius 1 is 1.38 bits per heavy atom. The average Bonchev–Trinajstić information content (AvgIpc) is 2.55. The van der Waals surface area contributed by atoms with Crippen molar-refractivity contribution in [2.24, 2.45) is 5.92 Å². The Morgan fingerprint density at radius 2 is 2.19 bits per heavy atom. The van der Waals surface area contributed by atoms with Gasteiger partial charge < -0.3 is 5.32 Å². The molecule has 0 aliphatic heterocycles. The number of benzene rings is 1. The van der Waals surface area contributed by atoms with Gasteiger partial charge in [-0.2, -0.15) is 0 Å². The monoisotopic (exact) mass is 232 g/mol. The number of nitrogens with one attached hydrogen (secondary N) is 1. The summed E-state index contributed by atoms with van der Waals surface area (Å²) in [5.41, 5.74) is 2.36. The highest BCUT2D eigenvalue weighted by Gasteiger charge is 2.24. The molecule has 84 valence electrons. The van der Waals surface area contributed by atoms with Crippen LogP contribution >= 0.6 is 11.3 Å². The summed E-state index contributed by atoms with van der Waals surface area (Å²) in [6.07, 6.45) is 2.61. The summed E-state index contributed by atoms with van der Waals surface area (Å²) in [6, 6.07) is 7.16. The van der Waals surface area contributed by atoms with Crippen molar-refractivity contribution in [2.45, 2.75) is 32.7 Å². The van der Waals surface area contributed by atoms with Gasteiger partial charge in [0.05, 0.1) is 15.2 Å². The first-order valence-corrected chi connectivity index (χ1v) is 6.66. The minimum absolute atomic E-state index is 0.682. The van der Waals surface area contributed by atoms with Gasteiger partial charge in [-0.3, -0.25) is 0 Å². The molecular weight excluding hydrogens is 216 g/mol. The van der Waals surface area contributed by atoms with Gasteiger partial charge in [-0.1, -0.05) is 6.92 Å². The zero-order valence-electron chi connectivity index (χ0n) is 9.66. The number of anilines is 1. The molecule has 1 aromatic heterocycles. The van der Waals surface area contributed by atoms with E-state index in [1.54, 1.807) is 11.3 Å². The van der Waals surface area contributed by atoms with E-state index < -0.39 is 0 Å². The summed E-state index contributed by atoms with van der Waals surface area (Å²) in [5.74, 6) is 0.895. The zero-order chi connectivity index (χ0) is 11.1. The maximum atomic E-state index is 4.47. The highest BCUT2D eigenvalue weighted by atomic mass is 32.1. The van der Waals surface area contributed by atoms with Gasteiger partial charge in [-0.05, 0) is 43.9 Å². The average molecular weight is 232 g/mol. The molecule has 1 aliphatic rings. The van der Waals surface area contributed by atoms with Crippen molar-refractivity contribution in [3.63, 3.8) is 0 Å². The molecule has 1 aliphatic carbocycles. The normalized spacial score (nSPS) is 24.4. The molecule has 3 rings (SSSR count). The highest BCUT2D eigenvalue weighted by Crippen LogP contribution is 2.31. The fraction of sp³-hybridized carbons (Fsp3) is 0.462. The number of nitrogens with zero attached hydrogens (tertiary/aromatic N) is 1. The number of fused-ring (bicyclic) bond motifs is 1. The Balaban J connectivity index is 1.82. The Bertz CT molecular complexity index is 512. The minimum atomic E-state index is 0.682. The third-order valence-corrected chi connectivity index (χ3v) is 4.17. The first kappa shape index (κ1) is 10.1. The molecule has 2 aromatic rings. The van der Waals surface area contributed by atoms with Gasteiger partial charge in [-0.15, -0.1) is 11.3 Å². The molecule has 1 aromatic carbocycles. The molecule has 1 heterocycles. The van der Waals surface area contributed by atoms with E-state index >= 15 is 0 Å². The quantitative estimate of drug-likeness (QED) is 0.851. The van der Waals surface area contributed by atoms with Crippen LogP contribution in [0.5, 0.6) is 0 Å². The lowest BCUT2D eigenvalue weighted by Gasteiger charge is -2.34. The van der Waals surface area contributed by atoms with Crippen LogP contribution in [-0.4, -0.2) is 11.0 Å². The van der Waals surface area contributed by atoms with Gasteiger partial charge in [0, 0.05) is 11.7 Å². The number of aromatic nitrogens is 1. The van der Waals surface area contributed by atoms with Crippen LogP contribution < -0.4 is 5.32 Å². The van der Waals surface area contributed by atoms with Crippen LogP contribution in [0.15, 0.2) is 18.2 Å². The van der Waals surface area contributed by atoms with Crippen LogP contribution in [0.3, 0.4) is 0 Å². The van der Waals surface area contributed by atoms with Crippen molar-refractivity contribution in [2.75, 3.05) is 5.32 Å². The number of rotatable bonds is 2. The van der Waals surface area contributed by atoms with Gasteiger partial charge in [0.25, 0.3) is 0 Å². The van der Waals surface area contributed by atoms with E-state index in [1.807, 2.05) is 0 Å². The van der Waals surface area contributed by atoms with Gasteiger partial charge in [-0.25, -0.2) is 4.98 Å². The van der Waals surface area contributed by atoms with Gasteiger partial charge in [0.1, 0.15) is 0 Å². The van der Waals surface area contributed by atoms with Crippen molar-refractivity contribution < 1.29 is 0 Å². The molecule has 1 saturated carbocycles. The summed E-state index contributed by atoms with van der Waals surface area (Å²) in [5, 5.41) is 4.73. The van der Waals surface area contributed by atoms with E-state index in [2.05, 4.69) is 42.3 Å². The molecule has 0 unspecified atom stereocenters. The maximum absolute atomic E-state index is 4.47. The molecule has 0 bridgehead atoms. The van der Waals surface area contributed by atoms with Crippen molar-refractivity contribution in [1.82, 2.24) is 4.98 Å². The third kappa shape index (κ3) is 1.80.